The van der Waals surface area contributed by atoms with Crippen LogP contribution < -0.4 is 11.1 Å². The summed E-state index contributed by atoms with van der Waals surface area (Å²) in [6, 6.07) is 0.327. The first-order valence-corrected chi connectivity index (χ1v) is 4.79. The fraction of sp³-hybridized carbons (Fsp3) is 0.889. The topological polar surface area (TPSA) is 67.6 Å². The van der Waals surface area contributed by atoms with Crippen molar-refractivity contribution in [3.8, 4) is 0 Å². The molecule has 0 aliphatic heterocycles. The van der Waals surface area contributed by atoms with Crippen LogP contribution in [0.2, 0.25) is 0 Å². The van der Waals surface area contributed by atoms with Gasteiger partial charge in [-0.05, 0) is 21.0 Å². The Morgan fingerprint density at radius 3 is 2.71 bits per heavy atom. The lowest BCUT2D eigenvalue weighted by Crippen LogP contribution is -2.39. The van der Waals surface area contributed by atoms with Gasteiger partial charge in [0.15, 0.2) is 0 Å². The average molecular weight is 203 g/mol. The van der Waals surface area contributed by atoms with E-state index in [0.717, 1.165) is 0 Å². The van der Waals surface area contributed by atoms with Gasteiger partial charge in [0, 0.05) is 19.1 Å². The number of nitrogens with two attached hydrogens (primary N) is 1. The Morgan fingerprint density at radius 2 is 2.21 bits per heavy atom. The number of nitrogens with zero attached hydrogens (tertiary/aromatic N) is 1. The normalized spacial score (nSPS) is 12.9. The predicted octanol–water partition coefficient (Wildman–Crippen LogP) is -0.972. The van der Waals surface area contributed by atoms with Crippen LogP contribution >= 0.6 is 0 Å². The first-order valence-electron chi connectivity index (χ1n) is 4.79. The van der Waals surface area contributed by atoms with Gasteiger partial charge in [-0.2, -0.15) is 0 Å². The van der Waals surface area contributed by atoms with Gasteiger partial charge in [0.05, 0.1) is 6.61 Å². The van der Waals surface area contributed by atoms with E-state index in [1.54, 1.807) is 0 Å². The van der Waals surface area contributed by atoms with Gasteiger partial charge in [-0.1, -0.05) is 0 Å². The van der Waals surface area contributed by atoms with Crippen LogP contribution in [0.15, 0.2) is 0 Å². The van der Waals surface area contributed by atoms with Gasteiger partial charge in [0.1, 0.15) is 6.61 Å². The lowest BCUT2D eigenvalue weighted by Gasteiger charge is -2.19. The van der Waals surface area contributed by atoms with Crippen LogP contribution in [0, 0.1) is 0 Å². The second kappa shape index (κ2) is 7.73. The molecule has 0 aliphatic carbocycles. The van der Waals surface area contributed by atoms with Crippen molar-refractivity contribution in [2.45, 2.75) is 13.0 Å². The number of amides is 1. The van der Waals surface area contributed by atoms with Gasteiger partial charge in [0.25, 0.3) is 0 Å². The van der Waals surface area contributed by atoms with E-state index in [-0.39, 0.29) is 12.5 Å². The highest BCUT2D eigenvalue weighted by atomic mass is 16.5. The van der Waals surface area contributed by atoms with Gasteiger partial charge >= 0.3 is 0 Å². The number of ether oxygens (including phenoxy) is 1. The molecule has 0 bridgehead atoms. The minimum atomic E-state index is -0.0906. The summed E-state index contributed by atoms with van der Waals surface area (Å²) in [5.74, 6) is -0.0906. The van der Waals surface area contributed by atoms with Gasteiger partial charge in [0.2, 0.25) is 5.91 Å². The Bertz CT molecular complexity index is 162. The maximum atomic E-state index is 11.1. The molecular weight excluding hydrogens is 182 g/mol. The summed E-state index contributed by atoms with van der Waals surface area (Å²) in [4.78, 5) is 13.2. The van der Waals surface area contributed by atoms with Crippen LogP contribution in [0.1, 0.15) is 6.92 Å². The number of carbonyl (C=O) groups excluding carboxylic acids is 1. The van der Waals surface area contributed by atoms with Crippen molar-refractivity contribution in [2.75, 3.05) is 40.4 Å². The molecule has 0 spiro atoms. The third-order valence-corrected chi connectivity index (χ3v) is 1.97. The molecule has 1 unspecified atom stereocenters. The van der Waals surface area contributed by atoms with Gasteiger partial charge < -0.3 is 20.7 Å². The molecule has 0 aromatic heterocycles. The predicted molar refractivity (Wildman–Crippen MR) is 56.0 cm³/mol. The Kier molecular flexibility index (Phi) is 7.37. The summed E-state index contributed by atoms with van der Waals surface area (Å²) in [5.41, 5.74) is 5.21. The Hall–Kier alpha value is -0.650. The van der Waals surface area contributed by atoms with E-state index in [9.17, 15) is 4.79 Å². The molecule has 0 saturated carbocycles. The largest absolute Gasteiger partial charge is 0.370 e. The van der Waals surface area contributed by atoms with E-state index < -0.39 is 0 Å². The van der Waals surface area contributed by atoms with E-state index >= 15 is 0 Å². The first kappa shape index (κ1) is 13.4. The fourth-order valence-corrected chi connectivity index (χ4v) is 0.743. The van der Waals surface area contributed by atoms with Crippen LogP contribution in [0.25, 0.3) is 0 Å². The van der Waals surface area contributed by atoms with E-state index in [1.165, 1.54) is 0 Å². The second-order valence-electron chi connectivity index (χ2n) is 3.46. The molecule has 5 heteroatoms. The maximum Gasteiger partial charge on any atom is 0.246 e. The first-order chi connectivity index (χ1) is 6.57. The molecule has 5 nitrogen and oxygen atoms in total. The fourth-order valence-electron chi connectivity index (χ4n) is 0.743. The molecule has 0 fully saturated rings. The Labute approximate surface area is 85.6 Å². The molecule has 84 valence electrons. The summed E-state index contributed by atoms with van der Waals surface area (Å²) in [7, 11) is 3.95. The number of likely N-dealkylation sites (N-methyl/N-ethyl adjacent to an activating group) is 1. The van der Waals surface area contributed by atoms with Crippen molar-refractivity contribution >= 4 is 5.91 Å². The zero-order valence-electron chi connectivity index (χ0n) is 9.25. The number of carbonyl (C=O) groups is 1. The van der Waals surface area contributed by atoms with E-state index in [1.807, 2.05) is 25.9 Å². The highest BCUT2D eigenvalue weighted by Gasteiger charge is 2.06. The monoisotopic (exact) mass is 203 g/mol. The third-order valence-electron chi connectivity index (χ3n) is 1.97. The van der Waals surface area contributed by atoms with Crippen molar-refractivity contribution in [2.24, 2.45) is 5.73 Å². The summed E-state index contributed by atoms with van der Waals surface area (Å²) in [5, 5.41) is 2.78. The molecule has 1 atom stereocenters. The summed E-state index contributed by atoms with van der Waals surface area (Å²) in [6.07, 6.45) is 0. The summed E-state index contributed by atoms with van der Waals surface area (Å²) >= 11 is 0. The molecule has 14 heavy (non-hydrogen) atoms. The zero-order chi connectivity index (χ0) is 11.0. The molecular formula is C9H21N3O2. The maximum absolute atomic E-state index is 11.1. The van der Waals surface area contributed by atoms with Crippen LogP contribution in [-0.4, -0.2) is 57.2 Å². The number of hydrogen-bond donors (Lipinski definition) is 2. The van der Waals surface area contributed by atoms with Crippen molar-refractivity contribution in [1.82, 2.24) is 10.2 Å². The standard InChI is InChI=1S/C9H21N3O2/c1-8(12(2)3)6-11-9(13)7-14-5-4-10/h8H,4-7,10H2,1-3H3,(H,11,13). The van der Waals surface area contributed by atoms with Gasteiger partial charge in [-0.25, -0.2) is 0 Å². The Balaban J connectivity index is 3.44. The molecule has 3 N–H and O–H groups in total. The molecule has 0 radical (unpaired) electrons. The van der Waals surface area contributed by atoms with E-state index in [2.05, 4.69) is 5.32 Å². The highest BCUT2D eigenvalue weighted by molar-refractivity contribution is 5.77. The Morgan fingerprint density at radius 1 is 1.57 bits per heavy atom. The van der Waals surface area contributed by atoms with E-state index in [0.29, 0.717) is 25.7 Å². The SMILES string of the molecule is CC(CNC(=O)COCCN)N(C)C. The van der Waals surface area contributed by atoms with Gasteiger partial charge in [-0.15, -0.1) is 0 Å². The average Bonchev–Trinajstić information content (AvgIpc) is 2.14. The molecule has 0 rings (SSSR count). The number of rotatable bonds is 7. The summed E-state index contributed by atoms with van der Waals surface area (Å²) in [6.45, 7) is 3.65. The lowest BCUT2D eigenvalue weighted by atomic mass is 10.3. The van der Waals surface area contributed by atoms with E-state index in [4.69, 9.17) is 10.5 Å². The molecule has 0 heterocycles. The smallest absolute Gasteiger partial charge is 0.246 e. The molecule has 1 amide bonds. The van der Waals surface area contributed by atoms with Gasteiger partial charge in [-0.3, -0.25) is 4.79 Å². The minimum absolute atomic E-state index is 0.0906. The third kappa shape index (κ3) is 6.82. The molecule has 0 aromatic rings. The zero-order valence-corrected chi connectivity index (χ0v) is 9.25. The van der Waals surface area contributed by atoms with Crippen LogP contribution in [0.3, 0.4) is 0 Å². The number of nitrogens with one attached hydrogen (secondary N) is 1. The molecule has 0 aliphatic rings. The van der Waals surface area contributed by atoms with Crippen LogP contribution in [0.5, 0.6) is 0 Å². The highest BCUT2D eigenvalue weighted by Crippen LogP contribution is 1.88. The van der Waals surface area contributed by atoms with Crippen molar-refractivity contribution in [3.05, 3.63) is 0 Å². The lowest BCUT2D eigenvalue weighted by molar-refractivity contribution is -0.125. The molecule has 0 saturated heterocycles. The minimum Gasteiger partial charge on any atom is -0.370 e. The van der Waals surface area contributed by atoms with Crippen LogP contribution in [-0.2, 0) is 9.53 Å². The second-order valence-corrected chi connectivity index (χ2v) is 3.46. The van der Waals surface area contributed by atoms with Crippen molar-refractivity contribution < 1.29 is 9.53 Å². The quantitative estimate of drug-likeness (QED) is 0.522. The van der Waals surface area contributed by atoms with Crippen molar-refractivity contribution in [1.29, 1.82) is 0 Å². The number of hydrogen-bond acceptors (Lipinski definition) is 4. The summed E-state index contributed by atoms with van der Waals surface area (Å²) < 4.78 is 4.99. The van der Waals surface area contributed by atoms with Crippen LogP contribution in [0.4, 0.5) is 0 Å². The van der Waals surface area contributed by atoms with Crippen molar-refractivity contribution in [3.63, 3.8) is 0 Å². The molecule has 0 aromatic carbocycles.